The third-order valence-electron chi connectivity index (χ3n) is 4.80. The first kappa shape index (κ1) is 23.5. The van der Waals surface area contributed by atoms with E-state index >= 15 is 4.39 Å². The summed E-state index contributed by atoms with van der Waals surface area (Å²) in [5, 5.41) is 4.10. The molecular weight excluding hydrogens is 457 g/mol. The highest BCUT2D eigenvalue weighted by Crippen LogP contribution is 2.35. The molecule has 0 unspecified atom stereocenters. The Labute approximate surface area is 195 Å². The third kappa shape index (κ3) is 4.99. The van der Waals surface area contributed by atoms with Crippen molar-refractivity contribution in [2.45, 2.75) is 24.2 Å². The number of nitrogens with zero attached hydrogens (tertiary/aromatic N) is 3. The molecule has 164 valence electrons. The van der Waals surface area contributed by atoms with E-state index in [4.69, 9.17) is 44.6 Å². The zero-order chi connectivity index (χ0) is 23.9. The number of hydrogen-bond donors (Lipinski definition) is 1. The second-order valence-corrected chi connectivity index (χ2v) is 7.85. The van der Waals surface area contributed by atoms with E-state index in [2.05, 4.69) is 10.1 Å². The standard InChI is InChI=1S/C19H13B3ClF3N4O3/c20-19(21,22)29-17(31)8-3-10(14(24)11(4-8)15(25)26)12-5-27-30-6-13(23)18(28-16(12)30)33-9-1-2-32-7-9/h3-6,9,15H,1-2,7H2,(H,29,31)/t9-/m0/s1. The first-order chi connectivity index (χ1) is 15.5. The minimum Gasteiger partial charge on any atom is -0.471 e. The van der Waals surface area contributed by atoms with Gasteiger partial charge in [0, 0.05) is 23.1 Å². The van der Waals surface area contributed by atoms with Crippen LogP contribution in [0.15, 0.2) is 24.5 Å². The van der Waals surface area contributed by atoms with E-state index < -0.39 is 29.0 Å². The molecule has 0 saturated carbocycles. The molecule has 2 aromatic heterocycles. The summed E-state index contributed by atoms with van der Waals surface area (Å²) >= 11 is 6.21. The number of halogens is 4. The molecule has 1 aliphatic rings. The topological polar surface area (TPSA) is 77.8 Å². The number of amides is 1. The number of carbonyl (C=O) groups is 1. The van der Waals surface area contributed by atoms with Crippen LogP contribution in [-0.2, 0) is 4.74 Å². The van der Waals surface area contributed by atoms with Crippen molar-refractivity contribution >= 4 is 46.7 Å². The molecule has 1 N–H and O–H groups in total. The number of hydrogen-bond acceptors (Lipinski definition) is 5. The largest absolute Gasteiger partial charge is 0.471 e. The molecule has 14 heteroatoms. The normalized spacial score (nSPS) is 16.5. The van der Waals surface area contributed by atoms with Crippen LogP contribution in [0.3, 0.4) is 0 Å². The van der Waals surface area contributed by atoms with Crippen LogP contribution in [0.4, 0.5) is 13.2 Å². The van der Waals surface area contributed by atoms with Gasteiger partial charge in [-0.15, -0.1) is 0 Å². The number of carbonyl (C=O) groups excluding carboxylic acids is 1. The van der Waals surface area contributed by atoms with Crippen LogP contribution < -0.4 is 10.1 Å². The summed E-state index contributed by atoms with van der Waals surface area (Å²) in [5.41, 5.74) is -1.62. The molecule has 0 spiro atoms. The molecule has 1 atom stereocenters. The smallest absolute Gasteiger partial charge is 0.266 e. The number of fused-ring (bicyclic) bond motifs is 1. The van der Waals surface area contributed by atoms with Gasteiger partial charge in [0.15, 0.2) is 5.65 Å². The van der Waals surface area contributed by atoms with Gasteiger partial charge in [-0.2, -0.15) is 10.1 Å². The van der Waals surface area contributed by atoms with E-state index in [1.54, 1.807) is 0 Å². The number of benzene rings is 1. The number of nitrogens with one attached hydrogen (secondary N) is 1. The van der Waals surface area contributed by atoms with Gasteiger partial charge in [0.05, 0.1) is 54.7 Å². The Bertz CT molecular complexity index is 1220. The zero-order valence-corrected chi connectivity index (χ0v) is 17.7. The Morgan fingerprint density at radius 1 is 1.33 bits per heavy atom. The Morgan fingerprint density at radius 2 is 2.09 bits per heavy atom. The molecule has 1 amide bonds. The fraction of sp³-hybridized carbons (Fsp3) is 0.316. The van der Waals surface area contributed by atoms with Gasteiger partial charge >= 0.3 is 0 Å². The quantitative estimate of drug-likeness (QED) is 0.559. The maximum Gasteiger partial charge on any atom is 0.266 e. The van der Waals surface area contributed by atoms with Crippen LogP contribution in [0.1, 0.15) is 28.8 Å². The lowest BCUT2D eigenvalue weighted by atomic mass is 9.49. The zero-order valence-electron chi connectivity index (χ0n) is 16.9. The second-order valence-electron chi connectivity index (χ2n) is 7.44. The highest BCUT2D eigenvalue weighted by molar-refractivity contribution is 6.60. The van der Waals surface area contributed by atoms with Crippen molar-refractivity contribution in [3.63, 3.8) is 0 Å². The average molecular weight is 470 g/mol. The van der Waals surface area contributed by atoms with Gasteiger partial charge < -0.3 is 14.8 Å². The molecule has 0 aliphatic carbocycles. The predicted octanol–water partition coefficient (Wildman–Crippen LogP) is 2.14. The molecule has 6 radical (unpaired) electrons. The first-order valence-electron chi connectivity index (χ1n) is 9.63. The molecule has 1 fully saturated rings. The highest BCUT2D eigenvalue weighted by Gasteiger charge is 2.26. The Hall–Kier alpha value is -2.66. The number of ether oxygens (including phenoxy) is 2. The highest BCUT2D eigenvalue weighted by atomic mass is 35.5. The molecule has 1 aromatic carbocycles. The third-order valence-corrected chi connectivity index (χ3v) is 5.06. The lowest BCUT2D eigenvalue weighted by Crippen LogP contribution is -2.50. The maximum absolute atomic E-state index is 15.1. The van der Waals surface area contributed by atoms with Crippen molar-refractivity contribution in [1.29, 1.82) is 0 Å². The SMILES string of the molecule is [B]C([B])([B])NC(=O)c1cc(-c2cnn3cc(Cl)c(O[C@H]4CCOC4)nc23)c(F)c(C(F)F)c1. The van der Waals surface area contributed by atoms with Crippen LogP contribution in [-0.4, -0.2) is 68.6 Å². The van der Waals surface area contributed by atoms with Crippen LogP contribution in [0.5, 0.6) is 5.88 Å². The van der Waals surface area contributed by atoms with Crippen molar-refractivity contribution in [1.82, 2.24) is 19.9 Å². The van der Waals surface area contributed by atoms with Gasteiger partial charge in [-0.3, -0.25) is 4.79 Å². The van der Waals surface area contributed by atoms with E-state index in [9.17, 15) is 13.6 Å². The minimum atomic E-state index is -3.22. The monoisotopic (exact) mass is 470 g/mol. The van der Waals surface area contributed by atoms with Gasteiger partial charge in [-0.25, -0.2) is 17.7 Å². The summed E-state index contributed by atoms with van der Waals surface area (Å²) in [6.45, 7) is 0.873. The van der Waals surface area contributed by atoms with E-state index in [0.717, 1.165) is 6.07 Å². The van der Waals surface area contributed by atoms with Crippen LogP contribution in [0.25, 0.3) is 16.8 Å². The van der Waals surface area contributed by atoms with E-state index in [1.165, 1.54) is 16.9 Å². The summed E-state index contributed by atoms with van der Waals surface area (Å²) in [7, 11) is 16.0. The second kappa shape index (κ2) is 8.94. The number of rotatable bonds is 6. The molecular formula is C19H13B3ClF3N4O3. The molecule has 1 saturated heterocycles. The van der Waals surface area contributed by atoms with Crippen molar-refractivity contribution in [3.05, 3.63) is 46.5 Å². The van der Waals surface area contributed by atoms with E-state index in [0.29, 0.717) is 25.7 Å². The van der Waals surface area contributed by atoms with Crippen LogP contribution in [0, 0.1) is 5.82 Å². The summed E-state index contributed by atoms with van der Waals surface area (Å²) in [6, 6.07) is 1.73. The molecule has 0 bridgehead atoms. The molecule has 4 rings (SSSR count). The summed E-state index contributed by atoms with van der Waals surface area (Å²) in [4.78, 5) is 16.7. The predicted molar refractivity (Wildman–Crippen MR) is 116 cm³/mol. The molecule has 33 heavy (non-hydrogen) atoms. The lowest BCUT2D eigenvalue weighted by molar-refractivity contribution is 0.0952. The van der Waals surface area contributed by atoms with Gasteiger partial charge in [-0.05, 0) is 12.1 Å². The average Bonchev–Trinajstić information content (AvgIpc) is 3.37. The number of aromatic nitrogens is 3. The summed E-state index contributed by atoms with van der Waals surface area (Å²) in [6.07, 6.45) is -0.283. The van der Waals surface area contributed by atoms with Crippen molar-refractivity contribution in [2.24, 2.45) is 0 Å². The lowest BCUT2D eigenvalue weighted by Gasteiger charge is -2.22. The van der Waals surface area contributed by atoms with Crippen LogP contribution in [0.2, 0.25) is 5.02 Å². The van der Waals surface area contributed by atoms with E-state index in [-0.39, 0.29) is 39.3 Å². The Balaban J connectivity index is 1.83. The van der Waals surface area contributed by atoms with Gasteiger partial charge in [-0.1, -0.05) is 16.8 Å². The minimum absolute atomic E-state index is 0.0211. The summed E-state index contributed by atoms with van der Waals surface area (Å²) in [5.74, 6) is -2.19. The first-order valence-corrected chi connectivity index (χ1v) is 10.0. The fourth-order valence-corrected chi connectivity index (χ4v) is 3.49. The van der Waals surface area contributed by atoms with Crippen molar-refractivity contribution in [2.75, 3.05) is 13.2 Å². The fourth-order valence-electron chi connectivity index (χ4n) is 3.31. The van der Waals surface area contributed by atoms with Gasteiger partial charge in [0.1, 0.15) is 16.9 Å². The van der Waals surface area contributed by atoms with Crippen molar-refractivity contribution in [3.8, 4) is 17.0 Å². The molecule has 1 aliphatic heterocycles. The van der Waals surface area contributed by atoms with Crippen LogP contribution >= 0.6 is 11.6 Å². The van der Waals surface area contributed by atoms with Gasteiger partial charge in [0.2, 0.25) is 11.8 Å². The summed E-state index contributed by atoms with van der Waals surface area (Å²) < 4.78 is 54.4. The molecule has 3 aromatic rings. The van der Waals surface area contributed by atoms with Crippen molar-refractivity contribution < 1.29 is 27.4 Å². The maximum atomic E-state index is 15.1. The van der Waals surface area contributed by atoms with Gasteiger partial charge in [0.25, 0.3) is 6.43 Å². The molecule has 3 heterocycles. The Kier molecular flexibility index (Phi) is 6.37. The van der Waals surface area contributed by atoms with E-state index in [1.807, 2.05) is 5.32 Å². The number of alkyl halides is 2. The Morgan fingerprint density at radius 3 is 2.73 bits per heavy atom. The molecule has 7 nitrogen and oxygen atoms in total.